The largest absolute Gasteiger partial charge is 0.310 e. The minimum Gasteiger partial charge on any atom is -0.310 e. The monoisotopic (exact) mass is 295 g/mol. The van der Waals surface area contributed by atoms with Gasteiger partial charge in [-0.1, -0.05) is 36.7 Å². The Morgan fingerprint density at radius 2 is 1.95 bits per heavy atom. The van der Waals surface area contributed by atoms with Crippen LogP contribution in [0, 0.1) is 11.6 Å². The van der Waals surface area contributed by atoms with Gasteiger partial charge < -0.3 is 5.32 Å². The first-order valence-electron chi connectivity index (χ1n) is 6.53. The lowest BCUT2D eigenvalue weighted by Gasteiger charge is -2.19. The molecule has 0 aliphatic heterocycles. The van der Waals surface area contributed by atoms with Crippen LogP contribution in [-0.4, -0.2) is 6.54 Å². The lowest BCUT2D eigenvalue weighted by atomic mass is 9.98. The van der Waals surface area contributed by atoms with Crippen molar-refractivity contribution in [3.05, 3.63) is 70.2 Å². The van der Waals surface area contributed by atoms with Crippen LogP contribution in [0.25, 0.3) is 0 Å². The summed E-state index contributed by atoms with van der Waals surface area (Å²) in [5.74, 6) is -1.10. The summed E-state index contributed by atoms with van der Waals surface area (Å²) in [6, 6.07) is 10.9. The third-order valence-corrected chi connectivity index (χ3v) is 3.35. The van der Waals surface area contributed by atoms with Crippen molar-refractivity contribution in [2.45, 2.75) is 19.4 Å². The average Bonchev–Trinajstić information content (AvgIpc) is 2.38. The van der Waals surface area contributed by atoms with Gasteiger partial charge in [-0.15, -0.1) is 0 Å². The Kier molecular flexibility index (Phi) is 5.10. The van der Waals surface area contributed by atoms with E-state index in [2.05, 4.69) is 5.32 Å². The van der Waals surface area contributed by atoms with Gasteiger partial charge in [0.25, 0.3) is 0 Å². The molecule has 106 valence electrons. The first-order valence-corrected chi connectivity index (χ1v) is 6.90. The average molecular weight is 296 g/mol. The van der Waals surface area contributed by atoms with E-state index in [1.807, 2.05) is 25.1 Å². The first kappa shape index (κ1) is 14.9. The standard InChI is InChI=1S/C16H16ClF2N/c1-2-20-16(9-11-4-3-5-12(17)8-11)14-7-6-13(18)10-15(14)19/h3-8,10,16,20H,2,9H2,1H3. The van der Waals surface area contributed by atoms with Crippen molar-refractivity contribution in [2.24, 2.45) is 0 Å². The van der Waals surface area contributed by atoms with Crippen LogP contribution in [0.2, 0.25) is 5.02 Å². The van der Waals surface area contributed by atoms with Gasteiger partial charge in [0.15, 0.2) is 0 Å². The van der Waals surface area contributed by atoms with Crippen LogP contribution in [0.5, 0.6) is 0 Å². The molecule has 0 aliphatic carbocycles. The van der Waals surface area contributed by atoms with Crippen LogP contribution in [-0.2, 0) is 6.42 Å². The number of benzene rings is 2. The van der Waals surface area contributed by atoms with Gasteiger partial charge in [0.1, 0.15) is 11.6 Å². The molecular weight excluding hydrogens is 280 g/mol. The molecule has 2 rings (SSSR count). The van der Waals surface area contributed by atoms with Gasteiger partial charge in [-0.2, -0.15) is 0 Å². The Morgan fingerprint density at radius 1 is 1.15 bits per heavy atom. The van der Waals surface area contributed by atoms with E-state index in [-0.39, 0.29) is 6.04 Å². The number of halogens is 3. The number of hydrogen-bond donors (Lipinski definition) is 1. The molecule has 0 spiro atoms. The van der Waals surface area contributed by atoms with E-state index >= 15 is 0 Å². The van der Waals surface area contributed by atoms with Crippen LogP contribution in [0.4, 0.5) is 8.78 Å². The zero-order valence-electron chi connectivity index (χ0n) is 11.2. The van der Waals surface area contributed by atoms with E-state index in [1.165, 1.54) is 12.1 Å². The van der Waals surface area contributed by atoms with Crippen molar-refractivity contribution < 1.29 is 8.78 Å². The molecule has 4 heteroatoms. The Labute approximate surface area is 122 Å². The zero-order chi connectivity index (χ0) is 14.5. The van der Waals surface area contributed by atoms with Crippen LogP contribution < -0.4 is 5.32 Å². The molecule has 20 heavy (non-hydrogen) atoms. The summed E-state index contributed by atoms with van der Waals surface area (Å²) in [4.78, 5) is 0. The minimum atomic E-state index is -0.566. The Hall–Kier alpha value is -1.45. The highest BCUT2D eigenvalue weighted by atomic mass is 35.5. The van der Waals surface area contributed by atoms with Gasteiger partial charge >= 0.3 is 0 Å². The molecule has 1 atom stereocenters. The summed E-state index contributed by atoms with van der Waals surface area (Å²) in [6.07, 6.45) is 0.594. The predicted octanol–water partition coefficient (Wildman–Crippen LogP) is 4.51. The van der Waals surface area contributed by atoms with Crippen LogP contribution in [0.15, 0.2) is 42.5 Å². The third kappa shape index (κ3) is 3.78. The smallest absolute Gasteiger partial charge is 0.130 e. The van der Waals surface area contributed by atoms with Crippen LogP contribution >= 0.6 is 11.6 Å². The van der Waals surface area contributed by atoms with Gasteiger partial charge in [-0.25, -0.2) is 8.78 Å². The van der Waals surface area contributed by atoms with E-state index in [0.717, 1.165) is 11.6 Å². The molecule has 1 nitrogen and oxygen atoms in total. The molecule has 2 aromatic carbocycles. The molecule has 0 saturated heterocycles. The fourth-order valence-electron chi connectivity index (χ4n) is 2.22. The van der Waals surface area contributed by atoms with Gasteiger partial charge in [0.05, 0.1) is 0 Å². The molecule has 1 N–H and O–H groups in total. The second kappa shape index (κ2) is 6.82. The summed E-state index contributed by atoms with van der Waals surface area (Å²) in [5, 5.41) is 3.87. The molecule has 0 aromatic heterocycles. The highest BCUT2D eigenvalue weighted by molar-refractivity contribution is 6.30. The minimum absolute atomic E-state index is 0.209. The third-order valence-electron chi connectivity index (χ3n) is 3.12. The van der Waals surface area contributed by atoms with Crippen molar-refractivity contribution in [1.82, 2.24) is 5.32 Å². The second-order valence-corrected chi connectivity index (χ2v) is 5.05. The Bertz CT molecular complexity index is 586. The molecule has 0 aliphatic rings. The number of nitrogens with one attached hydrogen (secondary N) is 1. The van der Waals surface area contributed by atoms with Crippen molar-refractivity contribution in [3.63, 3.8) is 0 Å². The molecule has 0 saturated carbocycles. The predicted molar refractivity (Wildman–Crippen MR) is 77.9 cm³/mol. The molecule has 0 radical (unpaired) electrons. The summed E-state index contributed by atoms with van der Waals surface area (Å²) >= 11 is 5.96. The zero-order valence-corrected chi connectivity index (χ0v) is 11.9. The van der Waals surface area contributed by atoms with Gasteiger partial charge in [0.2, 0.25) is 0 Å². The van der Waals surface area contributed by atoms with E-state index in [1.54, 1.807) is 6.07 Å². The van der Waals surface area contributed by atoms with Crippen molar-refractivity contribution in [2.75, 3.05) is 6.54 Å². The lowest BCUT2D eigenvalue weighted by Crippen LogP contribution is -2.24. The lowest BCUT2D eigenvalue weighted by molar-refractivity contribution is 0.502. The summed E-state index contributed by atoms with van der Waals surface area (Å²) < 4.78 is 26.9. The summed E-state index contributed by atoms with van der Waals surface area (Å²) in [5.41, 5.74) is 1.47. The molecule has 0 fully saturated rings. The quantitative estimate of drug-likeness (QED) is 0.855. The highest BCUT2D eigenvalue weighted by Gasteiger charge is 2.16. The van der Waals surface area contributed by atoms with Gasteiger partial charge in [-0.3, -0.25) is 0 Å². The maximum Gasteiger partial charge on any atom is 0.130 e. The van der Waals surface area contributed by atoms with Gasteiger partial charge in [-0.05, 0) is 36.7 Å². The number of rotatable bonds is 5. The van der Waals surface area contributed by atoms with Crippen molar-refractivity contribution in [3.8, 4) is 0 Å². The van der Waals surface area contributed by atoms with E-state index in [0.29, 0.717) is 23.6 Å². The fraction of sp³-hybridized carbons (Fsp3) is 0.250. The maximum absolute atomic E-state index is 13.9. The molecule has 0 heterocycles. The molecule has 0 amide bonds. The molecule has 2 aromatic rings. The molecule has 0 bridgehead atoms. The Balaban J connectivity index is 2.26. The van der Waals surface area contributed by atoms with E-state index < -0.39 is 11.6 Å². The Morgan fingerprint density at radius 3 is 2.60 bits per heavy atom. The van der Waals surface area contributed by atoms with Crippen LogP contribution in [0.3, 0.4) is 0 Å². The number of likely N-dealkylation sites (N-methyl/N-ethyl adjacent to an activating group) is 1. The number of hydrogen-bond acceptors (Lipinski definition) is 1. The summed E-state index contributed by atoms with van der Waals surface area (Å²) in [6.45, 7) is 2.65. The molecule has 1 unspecified atom stereocenters. The first-order chi connectivity index (χ1) is 9.60. The van der Waals surface area contributed by atoms with Crippen molar-refractivity contribution >= 4 is 11.6 Å². The topological polar surface area (TPSA) is 12.0 Å². The molecular formula is C16H16ClF2N. The SMILES string of the molecule is CCNC(Cc1cccc(Cl)c1)c1ccc(F)cc1F. The van der Waals surface area contributed by atoms with Gasteiger partial charge in [0, 0.05) is 22.7 Å². The van der Waals surface area contributed by atoms with E-state index in [4.69, 9.17) is 11.6 Å². The fourth-order valence-corrected chi connectivity index (χ4v) is 2.44. The normalized spacial score (nSPS) is 12.4. The highest BCUT2D eigenvalue weighted by Crippen LogP contribution is 2.23. The van der Waals surface area contributed by atoms with Crippen LogP contribution in [0.1, 0.15) is 24.1 Å². The second-order valence-electron chi connectivity index (χ2n) is 4.61. The van der Waals surface area contributed by atoms with E-state index in [9.17, 15) is 8.78 Å². The van der Waals surface area contributed by atoms with Crippen molar-refractivity contribution in [1.29, 1.82) is 0 Å². The summed E-state index contributed by atoms with van der Waals surface area (Å²) in [7, 11) is 0. The maximum atomic E-state index is 13.9.